The molecule has 0 heterocycles. The maximum Gasteiger partial charge on any atom is 0.241 e. The molecule has 1 fully saturated rings. The quantitative estimate of drug-likeness (QED) is 0.825. The third kappa shape index (κ3) is 3.77. The number of hydrogen-bond acceptors (Lipinski definition) is 4. The topological polar surface area (TPSA) is 75.6 Å². The van der Waals surface area contributed by atoms with E-state index in [0.717, 1.165) is 19.3 Å². The molecule has 118 valence electrons. The van der Waals surface area contributed by atoms with E-state index in [0.29, 0.717) is 23.1 Å². The van der Waals surface area contributed by atoms with Crippen LogP contribution in [0, 0.1) is 0 Å². The van der Waals surface area contributed by atoms with Gasteiger partial charge in [-0.3, -0.25) is 0 Å². The van der Waals surface area contributed by atoms with E-state index in [2.05, 4.69) is 20.7 Å². The Labute approximate surface area is 133 Å². The second kappa shape index (κ2) is 6.64. The first-order valence-corrected chi connectivity index (χ1v) is 9.18. The Kier molecular flexibility index (Phi) is 5.29. The Morgan fingerprint density at radius 1 is 1.33 bits per heavy atom. The molecule has 0 aromatic heterocycles. The monoisotopic (exact) mass is 377 g/mol. The molecule has 5 nitrogen and oxygen atoms in total. The van der Waals surface area contributed by atoms with E-state index in [1.807, 2.05) is 0 Å². The van der Waals surface area contributed by atoms with Gasteiger partial charge >= 0.3 is 0 Å². The molecule has 0 unspecified atom stereocenters. The van der Waals surface area contributed by atoms with Crippen LogP contribution in [0.4, 0.5) is 0 Å². The second-order valence-electron chi connectivity index (χ2n) is 5.40. The molecule has 0 radical (unpaired) electrons. The standard InChI is InChI=1S/C14H20BrNO4S/c1-20-13-6-5-11(9-12(13)15)21(18,19)16-14(10-17)7-3-2-4-8-14/h5-6,9,16-17H,2-4,7-8,10H2,1H3. The Bertz CT molecular complexity index is 597. The number of sulfonamides is 1. The molecule has 0 saturated heterocycles. The molecule has 7 heteroatoms. The lowest BCUT2D eigenvalue weighted by molar-refractivity contribution is 0.142. The highest BCUT2D eigenvalue weighted by Gasteiger charge is 2.36. The van der Waals surface area contributed by atoms with Crippen molar-refractivity contribution in [1.29, 1.82) is 0 Å². The molecule has 1 aromatic carbocycles. The van der Waals surface area contributed by atoms with Gasteiger partial charge in [0.25, 0.3) is 0 Å². The number of benzene rings is 1. The lowest BCUT2D eigenvalue weighted by atomic mass is 9.83. The van der Waals surface area contributed by atoms with Crippen LogP contribution >= 0.6 is 15.9 Å². The first-order chi connectivity index (χ1) is 9.92. The SMILES string of the molecule is COc1ccc(S(=O)(=O)NC2(CO)CCCCC2)cc1Br. The Balaban J connectivity index is 2.27. The van der Waals surface area contributed by atoms with Gasteiger partial charge in [-0.25, -0.2) is 13.1 Å². The number of aliphatic hydroxyl groups excluding tert-OH is 1. The summed E-state index contributed by atoms with van der Waals surface area (Å²) in [7, 11) is -2.15. The third-order valence-corrected chi connectivity index (χ3v) is 6.09. The lowest BCUT2D eigenvalue weighted by Gasteiger charge is -2.36. The Morgan fingerprint density at radius 2 is 2.00 bits per heavy atom. The molecule has 0 amide bonds. The van der Waals surface area contributed by atoms with Crippen LogP contribution in [-0.4, -0.2) is 32.8 Å². The molecule has 2 N–H and O–H groups in total. The van der Waals surface area contributed by atoms with Gasteiger partial charge in [0.15, 0.2) is 0 Å². The van der Waals surface area contributed by atoms with Gasteiger partial charge in [0.1, 0.15) is 5.75 Å². The highest BCUT2D eigenvalue weighted by molar-refractivity contribution is 9.10. The number of rotatable bonds is 5. The number of halogens is 1. The highest BCUT2D eigenvalue weighted by Crippen LogP contribution is 2.31. The summed E-state index contributed by atoms with van der Waals surface area (Å²) in [6, 6.07) is 4.61. The van der Waals surface area contributed by atoms with Crippen molar-refractivity contribution in [2.45, 2.75) is 42.5 Å². The maximum absolute atomic E-state index is 12.5. The zero-order valence-electron chi connectivity index (χ0n) is 11.9. The van der Waals surface area contributed by atoms with E-state index in [4.69, 9.17) is 4.74 Å². The number of aliphatic hydroxyl groups is 1. The van der Waals surface area contributed by atoms with E-state index >= 15 is 0 Å². The molecular formula is C14H20BrNO4S. The Hall–Kier alpha value is -0.630. The van der Waals surface area contributed by atoms with E-state index in [9.17, 15) is 13.5 Å². The summed E-state index contributed by atoms with van der Waals surface area (Å²) in [6.07, 6.45) is 4.27. The highest BCUT2D eigenvalue weighted by atomic mass is 79.9. The van der Waals surface area contributed by atoms with Crippen molar-refractivity contribution < 1.29 is 18.3 Å². The van der Waals surface area contributed by atoms with E-state index in [1.54, 1.807) is 6.07 Å². The average Bonchev–Trinajstić information content (AvgIpc) is 2.47. The summed E-state index contributed by atoms with van der Waals surface area (Å²) in [5.41, 5.74) is -0.733. The van der Waals surface area contributed by atoms with Gasteiger partial charge in [0.05, 0.1) is 28.6 Å². The summed E-state index contributed by atoms with van der Waals surface area (Å²) in [4.78, 5) is 0.161. The third-order valence-electron chi connectivity index (χ3n) is 3.90. The van der Waals surface area contributed by atoms with Gasteiger partial charge in [0, 0.05) is 0 Å². The summed E-state index contributed by atoms with van der Waals surface area (Å²) >= 11 is 3.29. The number of ether oxygens (including phenoxy) is 1. The van der Waals surface area contributed by atoms with Crippen LogP contribution in [0.25, 0.3) is 0 Å². The molecular weight excluding hydrogens is 358 g/mol. The van der Waals surface area contributed by atoms with Crippen LogP contribution in [0.2, 0.25) is 0 Å². The van der Waals surface area contributed by atoms with Crippen molar-refractivity contribution in [3.8, 4) is 5.75 Å². The number of methoxy groups -OCH3 is 1. The summed E-state index contributed by atoms with van der Waals surface area (Å²) in [5.74, 6) is 0.573. The summed E-state index contributed by atoms with van der Waals surface area (Å²) < 4.78 is 33.4. The fourth-order valence-corrected chi connectivity index (χ4v) is 4.85. The van der Waals surface area contributed by atoms with Gasteiger partial charge in [-0.2, -0.15) is 0 Å². The number of nitrogens with one attached hydrogen (secondary N) is 1. The van der Waals surface area contributed by atoms with E-state index in [-0.39, 0.29) is 11.5 Å². The van der Waals surface area contributed by atoms with Crippen LogP contribution in [0.3, 0.4) is 0 Å². The minimum atomic E-state index is -3.67. The summed E-state index contributed by atoms with van der Waals surface area (Å²) in [5, 5.41) is 9.63. The minimum Gasteiger partial charge on any atom is -0.496 e. The van der Waals surface area contributed by atoms with Gasteiger partial charge < -0.3 is 9.84 Å². The maximum atomic E-state index is 12.5. The molecule has 0 atom stereocenters. The van der Waals surface area contributed by atoms with Crippen LogP contribution in [-0.2, 0) is 10.0 Å². The largest absolute Gasteiger partial charge is 0.496 e. The van der Waals surface area contributed by atoms with Gasteiger partial charge in [-0.05, 0) is 47.0 Å². The van der Waals surface area contributed by atoms with Crippen molar-refractivity contribution in [2.24, 2.45) is 0 Å². The molecule has 21 heavy (non-hydrogen) atoms. The van der Waals surface area contributed by atoms with Crippen molar-refractivity contribution >= 4 is 26.0 Å². The predicted octanol–water partition coefficient (Wildman–Crippen LogP) is 2.43. The van der Waals surface area contributed by atoms with Crippen molar-refractivity contribution in [2.75, 3.05) is 13.7 Å². The van der Waals surface area contributed by atoms with Crippen molar-refractivity contribution in [3.63, 3.8) is 0 Å². The fourth-order valence-electron chi connectivity index (χ4n) is 2.68. The zero-order valence-corrected chi connectivity index (χ0v) is 14.3. The molecule has 1 aliphatic carbocycles. The van der Waals surface area contributed by atoms with Gasteiger partial charge in [0.2, 0.25) is 10.0 Å². The number of hydrogen-bond donors (Lipinski definition) is 2. The van der Waals surface area contributed by atoms with Crippen molar-refractivity contribution in [1.82, 2.24) is 4.72 Å². The molecule has 1 aliphatic rings. The average molecular weight is 378 g/mol. The summed E-state index contributed by atoms with van der Waals surface area (Å²) in [6.45, 7) is -0.177. The van der Waals surface area contributed by atoms with E-state index in [1.165, 1.54) is 19.2 Å². The zero-order chi connectivity index (χ0) is 15.5. The second-order valence-corrected chi connectivity index (χ2v) is 7.94. The van der Waals surface area contributed by atoms with Gasteiger partial charge in [-0.1, -0.05) is 19.3 Å². The van der Waals surface area contributed by atoms with Crippen LogP contribution in [0.5, 0.6) is 5.75 Å². The Morgan fingerprint density at radius 3 is 2.52 bits per heavy atom. The van der Waals surface area contributed by atoms with Crippen LogP contribution in [0.1, 0.15) is 32.1 Å². The van der Waals surface area contributed by atoms with Crippen LogP contribution < -0.4 is 9.46 Å². The molecule has 1 saturated carbocycles. The predicted molar refractivity (Wildman–Crippen MR) is 83.9 cm³/mol. The van der Waals surface area contributed by atoms with Crippen LogP contribution in [0.15, 0.2) is 27.6 Å². The first kappa shape index (κ1) is 16.7. The van der Waals surface area contributed by atoms with Crippen molar-refractivity contribution in [3.05, 3.63) is 22.7 Å². The molecule has 0 spiro atoms. The normalized spacial score (nSPS) is 18.4. The van der Waals surface area contributed by atoms with E-state index < -0.39 is 15.6 Å². The fraction of sp³-hybridized carbons (Fsp3) is 0.571. The van der Waals surface area contributed by atoms with Gasteiger partial charge in [-0.15, -0.1) is 0 Å². The molecule has 2 rings (SSSR count). The first-order valence-electron chi connectivity index (χ1n) is 6.91. The smallest absolute Gasteiger partial charge is 0.241 e. The molecule has 0 bridgehead atoms. The minimum absolute atomic E-state index is 0.161. The molecule has 0 aliphatic heterocycles. The molecule has 1 aromatic rings. The lowest BCUT2D eigenvalue weighted by Crippen LogP contribution is -2.52.